The van der Waals surface area contributed by atoms with E-state index in [9.17, 15) is 9.59 Å². The average Bonchev–Trinajstić information content (AvgIpc) is 2.66. The van der Waals surface area contributed by atoms with Crippen LogP contribution in [0, 0.1) is 6.92 Å². The first-order chi connectivity index (χ1) is 8.34. The highest BCUT2D eigenvalue weighted by molar-refractivity contribution is 7.11. The SMILES string of the molecule is Cc1nsc(N(C)C(=O)CCC(C)N)c1C(=O)O. The van der Waals surface area contributed by atoms with Gasteiger partial charge in [-0.25, -0.2) is 4.79 Å². The molecule has 0 bridgehead atoms. The van der Waals surface area contributed by atoms with Gasteiger partial charge in [0.05, 0.1) is 5.69 Å². The lowest BCUT2D eigenvalue weighted by Crippen LogP contribution is -2.28. The molecule has 1 amide bonds. The van der Waals surface area contributed by atoms with Crippen molar-refractivity contribution in [3.63, 3.8) is 0 Å². The molecule has 3 N–H and O–H groups in total. The minimum Gasteiger partial charge on any atom is -0.478 e. The molecule has 0 fully saturated rings. The van der Waals surface area contributed by atoms with Gasteiger partial charge in [-0.2, -0.15) is 4.37 Å². The third kappa shape index (κ3) is 3.27. The fourth-order valence-electron chi connectivity index (χ4n) is 1.47. The third-order valence-corrected chi connectivity index (χ3v) is 3.57. The molecule has 1 aromatic heterocycles. The predicted molar refractivity (Wildman–Crippen MR) is 70.1 cm³/mol. The summed E-state index contributed by atoms with van der Waals surface area (Å²) in [4.78, 5) is 24.3. The Hall–Kier alpha value is -1.47. The van der Waals surface area contributed by atoms with Crippen molar-refractivity contribution in [1.82, 2.24) is 4.37 Å². The second-order valence-electron chi connectivity index (χ2n) is 4.22. The molecule has 0 aliphatic heterocycles. The summed E-state index contributed by atoms with van der Waals surface area (Å²) in [6.07, 6.45) is 0.869. The zero-order chi connectivity index (χ0) is 13.9. The minimum atomic E-state index is -1.07. The highest BCUT2D eigenvalue weighted by Crippen LogP contribution is 2.28. The van der Waals surface area contributed by atoms with Crippen molar-refractivity contribution in [2.45, 2.75) is 32.7 Å². The molecule has 18 heavy (non-hydrogen) atoms. The van der Waals surface area contributed by atoms with Crippen molar-refractivity contribution >= 4 is 28.4 Å². The van der Waals surface area contributed by atoms with Gasteiger partial charge in [-0.3, -0.25) is 4.79 Å². The van der Waals surface area contributed by atoms with E-state index in [1.54, 1.807) is 14.0 Å². The van der Waals surface area contributed by atoms with Crippen LogP contribution < -0.4 is 10.6 Å². The Kier molecular flexibility index (Phi) is 4.80. The van der Waals surface area contributed by atoms with E-state index in [-0.39, 0.29) is 17.5 Å². The minimum absolute atomic E-state index is 0.0514. The monoisotopic (exact) mass is 271 g/mol. The van der Waals surface area contributed by atoms with Crippen LogP contribution in [0.15, 0.2) is 0 Å². The number of aromatic nitrogens is 1. The Morgan fingerprint density at radius 1 is 1.56 bits per heavy atom. The van der Waals surface area contributed by atoms with Gasteiger partial charge in [-0.15, -0.1) is 0 Å². The highest BCUT2D eigenvalue weighted by atomic mass is 32.1. The number of rotatable bonds is 5. The van der Waals surface area contributed by atoms with Crippen LogP contribution in [0.25, 0.3) is 0 Å². The van der Waals surface area contributed by atoms with Crippen LogP contribution in [0.5, 0.6) is 0 Å². The van der Waals surface area contributed by atoms with Crippen molar-refractivity contribution in [2.24, 2.45) is 5.73 Å². The zero-order valence-corrected chi connectivity index (χ0v) is 11.5. The number of amides is 1. The Bertz CT molecular complexity index is 456. The number of carboxylic acids is 1. The van der Waals surface area contributed by atoms with Crippen LogP contribution in [-0.4, -0.2) is 34.4 Å². The van der Waals surface area contributed by atoms with Gasteiger partial charge in [0.2, 0.25) is 5.91 Å². The molecule has 0 spiro atoms. The number of nitrogens with two attached hydrogens (primary N) is 1. The van der Waals surface area contributed by atoms with Gasteiger partial charge in [0, 0.05) is 19.5 Å². The third-order valence-electron chi connectivity index (χ3n) is 2.55. The Morgan fingerprint density at radius 3 is 2.67 bits per heavy atom. The zero-order valence-electron chi connectivity index (χ0n) is 10.6. The number of carbonyl (C=O) groups excluding carboxylic acids is 1. The van der Waals surface area contributed by atoms with Gasteiger partial charge < -0.3 is 15.7 Å². The van der Waals surface area contributed by atoms with E-state index in [0.717, 1.165) is 11.5 Å². The second kappa shape index (κ2) is 5.92. The van der Waals surface area contributed by atoms with Crippen LogP contribution in [-0.2, 0) is 4.79 Å². The lowest BCUT2D eigenvalue weighted by molar-refractivity contribution is -0.118. The first kappa shape index (κ1) is 14.6. The number of carbonyl (C=O) groups is 2. The molecule has 0 saturated heterocycles. The van der Waals surface area contributed by atoms with Gasteiger partial charge in [-0.05, 0) is 31.8 Å². The van der Waals surface area contributed by atoms with Gasteiger partial charge in [0.25, 0.3) is 0 Å². The lowest BCUT2D eigenvalue weighted by atomic mass is 10.2. The van der Waals surface area contributed by atoms with Gasteiger partial charge in [-0.1, -0.05) is 0 Å². The number of aryl methyl sites for hydroxylation is 1. The fourth-order valence-corrected chi connectivity index (χ4v) is 2.33. The van der Waals surface area contributed by atoms with E-state index in [4.69, 9.17) is 10.8 Å². The number of anilines is 1. The largest absolute Gasteiger partial charge is 0.478 e. The quantitative estimate of drug-likeness (QED) is 0.839. The van der Waals surface area contributed by atoms with Crippen molar-refractivity contribution < 1.29 is 14.7 Å². The number of carboxylic acid groups (broad SMARTS) is 1. The van der Waals surface area contributed by atoms with Crippen LogP contribution in [0.2, 0.25) is 0 Å². The van der Waals surface area contributed by atoms with Gasteiger partial charge in [0.15, 0.2) is 0 Å². The van der Waals surface area contributed by atoms with E-state index in [1.165, 1.54) is 4.90 Å². The lowest BCUT2D eigenvalue weighted by Gasteiger charge is -2.16. The fraction of sp³-hybridized carbons (Fsp3) is 0.545. The Morgan fingerprint density at radius 2 is 2.17 bits per heavy atom. The maximum absolute atomic E-state index is 11.9. The van der Waals surface area contributed by atoms with E-state index in [2.05, 4.69) is 4.37 Å². The smallest absolute Gasteiger partial charge is 0.340 e. The maximum atomic E-state index is 11.9. The first-order valence-electron chi connectivity index (χ1n) is 5.56. The molecule has 7 heteroatoms. The van der Waals surface area contributed by atoms with Crippen molar-refractivity contribution in [1.29, 1.82) is 0 Å². The molecule has 0 saturated carbocycles. The van der Waals surface area contributed by atoms with E-state index >= 15 is 0 Å². The maximum Gasteiger partial charge on any atom is 0.340 e. The number of nitrogens with zero attached hydrogens (tertiary/aromatic N) is 2. The molecular formula is C11H17N3O3S. The molecule has 6 nitrogen and oxygen atoms in total. The highest BCUT2D eigenvalue weighted by Gasteiger charge is 2.23. The molecule has 1 atom stereocenters. The molecule has 1 heterocycles. The van der Waals surface area contributed by atoms with E-state index in [1.807, 2.05) is 6.92 Å². The second-order valence-corrected chi connectivity index (χ2v) is 4.97. The first-order valence-corrected chi connectivity index (χ1v) is 6.33. The van der Waals surface area contributed by atoms with Crippen LogP contribution in [0.4, 0.5) is 5.00 Å². The molecular weight excluding hydrogens is 254 g/mol. The van der Waals surface area contributed by atoms with E-state index in [0.29, 0.717) is 23.5 Å². The molecule has 0 aliphatic rings. The van der Waals surface area contributed by atoms with Gasteiger partial charge >= 0.3 is 5.97 Å². The summed E-state index contributed by atoms with van der Waals surface area (Å²) in [5.41, 5.74) is 6.11. The molecule has 1 rings (SSSR count). The van der Waals surface area contributed by atoms with Crippen molar-refractivity contribution in [3.8, 4) is 0 Å². The summed E-state index contributed by atoms with van der Waals surface area (Å²) in [6, 6.07) is -0.0514. The predicted octanol–water partition coefficient (Wildman–Crippen LogP) is 1.24. The van der Waals surface area contributed by atoms with Crippen LogP contribution in [0.1, 0.15) is 35.8 Å². The molecule has 100 valence electrons. The summed E-state index contributed by atoms with van der Waals surface area (Å²) in [7, 11) is 1.56. The van der Waals surface area contributed by atoms with Crippen molar-refractivity contribution in [2.75, 3.05) is 11.9 Å². The standard InChI is InChI=1S/C11H17N3O3S/c1-6(12)4-5-8(15)14(3)10-9(11(16)17)7(2)13-18-10/h6H,4-5,12H2,1-3H3,(H,16,17). The van der Waals surface area contributed by atoms with Crippen molar-refractivity contribution in [3.05, 3.63) is 11.3 Å². The summed E-state index contributed by atoms with van der Waals surface area (Å²) in [5, 5.41) is 9.46. The summed E-state index contributed by atoms with van der Waals surface area (Å²) < 4.78 is 3.98. The van der Waals surface area contributed by atoms with Gasteiger partial charge in [0.1, 0.15) is 10.6 Å². The average molecular weight is 271 g/mol. The molecule has 1 unspecified atom stereocenters. The van der Waals surface area contributed by atoms with Crippen LogP contribution in [0.3, 0.4) is 0 Å². The molecule has 0 aromatic carbocycles. The molecule has 1 aromatic rings. The number of hydrogen-bond acceptors (Lipinski definition) is 5. The number of hydrogen-bond donors (Lipinski definition) is 2. The van der Waals surface area contributed by atoms with Crippen LogP contribution >= 0.6 is 11.5 Å². The van der Waals surface area contributed by atoms with E-state index < -0.39 is 5.97 Å². The Labute approximate surface area is 110 Å². The molecule has 0 aliphatic carbocycles. The Balaban J connectivity index is 2.87. The normalized spacial score (nSPS) is 12.2. The topological polar surface area (TPSA) is 96.5 Å². The number of aromatic carboxylic acids is 1. The summed E-state index contributed by atoms with van der Waals surface area (Å²) >= 11 is 1.02. The molecule has 0 radical (unpaired) electrons. The summed E-state index contributed by atoms with van der Waals surface area (Å²) in [5.74, 6) is -1.22. The summed E-state index contributed by atoms with van der Waals surface area (Å²) in [6.45, 7) is 3.44.